The number of esters is 1. The van der Waals surface area contributed by atoms with Gasteiger partial charge in [0.1, 0.15) is 0 Å². The number of ether oxygens (including phenoxy) is 1. The molecule has 1 aromatic rings. The predicted octanol–water partition coefficient (Wildman–Crippen LogP) is 2.01. The molecular formula is C15H17BrN2O4. The minimum atomic E-state index is -0.588. The van der Waals surface area contributed by atoms with Gasteiger partial charge in [0.2, 0.25) is 5.91 Å². The van der Waals surface area contributed by atoms with Gasteiger partial charge in [0, 0.05) is 10.5 Å². The quantitative estimate of drug-likeness (QED) is 0.569. The standard InChI is InChI=1S/C15H17BrN2O4/c1-2-3-8-15(21)22-10-14(20)17-9-13(19)18-12-7-5-4-6-11(12)16/h3-8H,2,9-10H2,1H3,(H,17,20)(H,18,19)/b8-3+. The van der Waals surface area contributed by atoms with E-state index in [2.05, 4.69) is 26.6 Å². The number of rotatable bonds is 7. The zero-order valence-electron chi connectivity index (χ0n) is 12.1. The number of halogens is 1. The van der Waals surface area contributed by atoms with Gasteiger partial charge < -0.3 is 15.4 Å². The number of amides is 2. The first-order chi connectivity index (χ1) is 10.5. The van der Waals surface area contributed by atoms with Crippen LogP contribution in [0.25, 0.3) is 0 Å². The molecule has 0 saturated carbocycles. The van der Waals surface area contributed by atoms with Gasteiger partial charge in [-0.2, -0.15) is 0 Å². The van der Waals surface area contributed by atoms with Gasteiger partial charge in [0.15, 0.2) is 6.61 Å². The molecule has 0 radical (unpaired) electrons. The minimum Gasteiger partial charge on any atom is -0.452 e. The van der Waals surface area contributed by atoms with Crippen molar-refractivity contribution in [3.8, 4) is 0 Å². The summed E-state index contributed by atoms with van der Waals surface area (Å²) in [7, 11) is 0. The van der Waals surface area contributed by atoms with Crippen molar-refractivity contribution < 1.29 is 19.1 Å². The van der Waals surface area contributed by atoms with Crippen molar-refractivity contribution in [3.63, 3.8) is 0 Å². The van der Waals surface area contributed by atoms with E-state index in [-0.39, 0.29) is 12.5 Å². The van der Waals surface area contributed by atoms with E-state index in [4.69, 9.17) is 4.74 Å². The summed E-state index contributed by atoms with van der Waals surface area (Å²) in [5, 5.41) is 5.00. The molecular weight excluding hydrogens is 352 g/mol. The molecule has 2 amide bonds. The Hall–Kier alpha value is -2.15. The van der Waals surface area contributed by atoms with E-state index in [9.17, 15) is 14.4 Å². The van der Waals surface area contributed by atoms with Crippen LogP contribution < -0.4 is 10.6 Å². The molecule has 0 saturated heterocycles. The van der Waals surface area contributed by atoms with Crippen molar-refractivity contribution in [2.45, 2.75) is 13.3 Å². The van der Waals surface area contributed by atoms with Crippen LogP contribution in [0.5, 0.6) is 0 Å². The molecule has 0 atom stereocenters. The highest BCUT2D eigenvalue weighted by Crippen LogP contribution is 2.20. The maximum absolute atomic E-state index is 11.7. The summed E-state index contributed by atoms with van der Waals surface area (Å²) in [4.78, 5) is 34.3. The second-order valence-electron chi connectivity index (χ2n) is 4.22. The van der Waals surface area contributed by atoms with Crippen LogP contribution in [0.3, 0.4) is 0 Å². The van der Waals surface area contributed by atoms with Gasteiger partial charge in [0.05, 0.1) is 12.2 Å². The molecule has 0 spiro atoms. The van der Waals surface area contributed by atoms with Gasteiger partial charge in [-0.05, 0) is 34.5 Å². The Morgan fingerprint density at radius 1 is 1.23 bits per heavy atom. The average Bonchev–Trinajstić information content (AvgIpc) is 2.51. The Morgan fingerprint density at radius 3 is 2.64 bits per heavy atom. The van der Waals surface area contributed by atoms with Crippen LogP contribution in [-0.2, 0) is 19.1 Å². The van der Waals surface area contributed by atoms with E-state index in [0.717, 1.165) is 4.47 Å². The SMILES string of the molecule is CC/C=C/C(=O)OCC(=O)NCC(=O)Nc1ccccc1Br. The Labute approximate surface area is 137 Å². The summed E-state index contributed by atoms with van der Waals surface area (Å²) in [5.41, 5.74) is 0.609. The first-order valence-electron chi connectivity index (χ1n) is 6.67. The van der Waals surface area contributed by atoms with Crippen molar-refractivity contribution in [2.75, 3.05) is 18.5 Å². The number of anilines is 1. The molecule has 6 nitrogen and oxygen atoms in total. The Kier molecular flexibility index (Phi) is 7.91. The summed E-state index contributed by atoms with van der Waals surface area (Å²) in [6.45, 7) is 1.25. The fraction of sp³-hybridized carbons (Fsp3) is 0.267. The summed E-state index contributed by atoms with van der Waals surface area (Å²) in [6, 6.07) is 7.12. The van der Waals surface area contributed by atoms with Crippen molar-refractivity contribution in [1.29, 1.82) is 0 Å². The second-order valence-corrected chi connectivity index (χ2v) is 5.08. The average molecular weight is 369 g/mol. The van der Waals surface area contributed by atoms with Crippen LogP contribution in [0.15, 0.2) is 40.9 Å². The van der Waals surface area contributed by atoms with Crippen LogP contribution in [0, 0.1) is 0 Å². The molecule has 1 rings (SSSR count). The number of carbonyl (C=O) groups is 3. The Balaban J connectivity index is 2.29. The summed E-state index contributed by atoms with van der Waals surface area (Å²) in [6.07, 6.45) is 3.59. The highest BCUT2D eigenvalue weighted by atomic mass is 79.9. The van der Waals surface area contributed by atoms with Crippen molar-refractivity contribution >= 4 is 39.4 Å². The van der Waals surface area contributed by atoms with Crippen LogP contribution >= 0.6 is 15.9 Å². The molecule has 118 valence electrons. The van der Waals surface area contributed by atoms with Crippen molar-refractivity contribution in [2.24, 2.45) is 0 Å². The van der Waals surface area contributed by atoms with E-state index in [0.29, 0.717) is 12.1 Å². The highest BCUT2D eigenvalue weighted by Gasteiger charge is 2.09. The van der Waals surface area contributed by atoms with Gasteiger partial charge in [-0.15, -0.1) is 0 Å². The van der Waals surface area contributed by atoms with Gasteiger partial charge in [-0.1, -0.05) is 25.1 Å². The summed E-state index contributed by atoms with van der Waals surface area (Å²) >= 11 is 3.30. The van der Waals surface area contributed by atoms with E-state index >= 15 is 0 Å². The van der Waals surface area contributed by atoms with E-state index in [1.54, 1.807) is 24.3 Å². The monoisotopic (exact) mass is 368 g/mol. The first kappa shape index (κ1) is 17.9. The molecule has 2 N–H and O–H groups in total. The lowest BCUT2D eigenvalue weighted by Crippen LogP contribution is -2.35. The smallest absolute Gasteiger partial charge is 0.330 e. The third-order valence-electron chi connectivity index (χ3n) is 2.43. The molecule has 0 aromatic heterocycles. The zero-order valence-corrected chi connectivity index (χ0v) is 13.7. The number of para-hydroxylation sites is 1. The Bertz CT molecular complexity index is 572. The van der Waals surface area contributed by atoms with Gasteiger partial charge in [-0.3, -0.25) is 9.59 Å². The number of benzene rings is 1. The lowest BCUT2D eigenvalue weighted by Gasteiger charge is -2.08. The zero-order chi connectivity index (χ0) is 16.4. The normalized spacial score (nSPS) is 10.3. The molecule has 22 heavy (non-hydrogen) atoms. The van der Waals surface area contributed by atoms with Gasteiger partial charge in [0.25, 0.3) is 5.91 Å². The van der Waals surface area contributed by atoms with Crippen LogP contribution in [0.2, 0.25) is 0 Å². The fourth-order valence-electron chi connectivity index (χ4n) is 1.39. The lowest BCUT2D eigenvalue weighted by molar-refractivity contribution is -0.143. The van der Waals surface area contributed by atoms with Crippen LogP contribution in [-0.4, -0.2) is 30.9 Å². The molecule has 0 aliphatic heterocycles. The van der Waals surface area contributed by atoms with Gasteiger partial charge in [-0.25, -0.2) is 4.79 Å². The minimum absolute atomic E-state index is 0.206. The topological polar surface area (TPSA) is 84.5 Å². The van der Waals surface area contributed by atoms with Gasteiger partial charge >= 0.3 is 5.97 Å². The number of hydrogen-bond donors (Lipinski definition) is 2. The second kappa shape index (κ2) is 9.73. The fourth-order valence-corrected chi connectivity index (χ4v) is 1.77. The third kappa shape index (κ3) is 7.03. The van der Waals surface area contributed by atoms with Crippen LogP contribution in [0.4, 0.5) is 5.69 Å². The molecule has 0 unspecified atom stereocenters. The molecule has 0 aliphatic carbocycles. The number of carbonyl (C=O) groups excluding carboxylic acids is 3. The summed E-state index contributed by atoms with van der Waals surface area (Å²) < 4.78 is 5.44. The molecule has 1 aromatic carbocycles. The molecule has 0 heterocycles. The van der Waals surface area contributed by atoms with Crippen molar-refractivity contribution in [3.05, 3.63) is 40.9 Å². The molecule has 0 fully saturated rings. The molecule has 0 aliphatic rings. The summed E-state index contributed by atoms with van der Waals surface area (Å²) in [5.74, 6) is -1.51. The maximum atomic E-state index is 11.7. The number of hydrogen-bond acceptors (Lipinski definition) is 4. The molecule has 7 heteroatoms. The highest BCUT2D eigenvalue weighted by molar-refractivity contribution is 9.10. The largest absolute Gasteiger partial charge is 0.452 e. The first-order valence-corrected chi connectivity index (χ1v) is 7.46. The lowest BCUT2D eigenvalue weighted by atomic mass is 10.3. The van der Waals surface area contributed by atoms with E-state index in [1.807, 2.05) is 13.0 Å². The molecule has 0 bridgehead atoms. The predicted molar refractivity (Wildman–Crippen MR) is 86.2 cm³/mol. The maximum Gasteiger partial charge on any atom is 0.330 e. The van der Waals surface area contributed by atoms with E-state index < -0.39 is 18.5 Å². The number of allylic oxidation sites excluding steroid dienone is 1. The Morgan fingerprint density at radius 2 is 1.95 bits per heavy atom. The van der Waals surface area contributed by atoms with E-state index in [1.165, 1.54) is 6.08 Å². The number of nitrogens with one attached hydrogen (secondary N) is 2. The van der Waals surface area contributed by atoms with Crippen molar-refractivity contribution in [1.82, 2.24) is 5.32 Å². The third-order valence-corrected chi connectivity index (χ3v) is 3.12. The van der Waals surface area contributed by atoms with Crippen LogP contribution in [0.1, 0.15) is 13.3 Å².